The molecule has 0 radical (unpaired) electrons. The van der Waals surface area contributed by atoms with Gasteiger partial charge in [0.2, 0.25) is 5.91 Å². The summed E-state index contributed by atoms with van der Waals surface area (Å²) in [6, 6.07) is 1.79. The van der Waals surface area contributed by atoms with Crippen molar-refractivity contribution in [1.29, 1.82) is 0 Å². The molecule has 0 bridgehead atoms. The fourth-order valence-electron chi connectivity index (χ4n) is 4.09. The number of nitrogens with zero attached hydrogens (tertiary/aromatic N) is 2. The molecule has 2 fully saturated rings. The molecule has 1 aromatic heterocycles. The Bertz CT molecular complexity index is 757. The van der Waals surface area contributed by atoms with Crippen molar-refractivity contribution in [2.75, 3.05) is 25.0 Å². The Morgan fingerprint density at radius 2 is 2.07 bits per heavy atom. The lowest BCUT2D eigenvalue weighted by Gasteiger charge is -2.41. The fourth-order valence-corrected chi connectivity index (χ4v) is 4.65. The molecule has 154 valence electrons. The summed E-state index contributed by atoms with van der Waals surface area (Å²) in [6.45, 7) is 9.60. The first-order chi connectivity index (χ1) is 13.2. The van der Waals surface area contributed by atoms with Crippen LogP contribution in [0.2, 0.25) is 0 Å². The highest BCUT2D eigenvalue weighted by atomic mass is 79.9. The molecule has 1 aromatic rings. The van der Waals surface area contributed by atoms with Crippen LogP contribution in [0.5, 0.6) is 0 Å². The standard InChI is InChI=1S/C21H31BrN4O2/c1-13(2)17-18(24-12-14-7-5-6-8-14)15(22)11-16(25-17)19(27)26-10-9-23-20(28)21(26,3)4/h11,13-14,24H,5-10,12H2,1-4H3,(H,23,28). The minimum Gasteiger partial charge on any atom is -0.382 e. The Kier molecular flexibility index (Phi) is 6.32. The van der Waals surface area contributed by atoms with E-state index in [1.807, 2.05) is 0 Å². The lowest BCUT2D eigenvalue weighted by atomic mass is 9.98. The smallest absolute Gasteiger partial charge is 0.273 e. The number of carbonyl (C=O) groups excluding carboxylic acids is 2. The lowest BCUT2D eigenvalue weighted by molar-refractivity contribution is -0.133. The second-order valence-corrected chi connectivity index (χ2v) is 9.56. The molecule has 0 spiro atoms. The van der Waals surface area contributed by atoms with Gasteiger partial charge in [0.05, 0.1) is 11.4 Å². The largest absolute Gasteiger partial charge is 0.382 e. The van der Waals surface area contributed by atoms with Crippen LogP contribution in [0.4, 0.5) is 5.69 Å². The topological polar surface area (TPSA) is 74.3 Å². The van der Waals surface area contributed by atoms with E-state index in [0.717, 1.165) is 22.4 Å². The highest BCUT2D eigenvalue weighted by Crippen LogP contribution is 2.33. The van der Waals surface area contributed by atoms with Crippen LogP contribution in [0.15, 0.2) is 10.5 Å². The van der Waals surface area contributed by atoms with Crippen molar-refractivity contribution in [3.63, 3.8) is 0 Å². The quantitative estimate of drug-likeness (QED) is 0.712. The molecule has 0 aromatic carbocycles. The van der Waals surface area contributed by atoms with Gasteiger partial charge in [-0.1, -0.05) is 26.7 Å². The van der Waals surface area contributed by atoms with Crippen LogP contribution in [-0.4, -0.2) is 46.9 Å². The van der Waals surface area contributed by atoms with Gasteiger partial charge in [0.1, 0.15) is 11.2 Å². The summed E-state index contributed by atoms with van der Waals surface area (Å²) >= 11 is 3.66. The summed E-state index contributed by atoms with van der Waals surface area (Å²) in [4.78, 5) is 31.8. The van der Waals surface area contributed by atoms with Crippen LogP contribution in [-0.2, 0) is 4.79 Å². The van der Waals surface area contributed by atoms with Crippen molar-refractivity contribution in [3.8, 4) is 0 Å². The maximum atomic E-state index is 13.2. The molecule has 2 aliphatic rings. The van der Waals surface area contributed by atoms with Crippen molar-refractivity contribution in [2.24, 2.45) is 5.92 Å². The molecular formula is C21H31BrN4O2. The average molecular weight is 451 g/mol. The molecule has 28 heavy (non-hydrogen) atoms. The first-order valence-corrected chi connectivity index (χ1v) is 11.1. The molecule has 1 aliphatic heterocycles. The van der Waals surface area contributed by atoms with E-state index < -0.39 is 5.54 Å². The normalized spacial score (nSPS) is 19.8. The molecule has 2 amide bonds. The number of pyridine rings is 1. The first kappa shape index (κ1) is 21.1. The van der Waals surface area contributed by atoms with Crippen molar-refractivity contribution in [1.82, 2.24) is 15.2 Å². The summed E-state index contributed by atoms with van der Waals surface area (Å²) in [5, 5.41) is 6.41. The van der Waals surface area contributed by atoms with E-state index >= 15 is 0 Å². The zero-order valence-electron chi connectivity index (χ0n) is 17.3. The Morgan fingerprint density at radius 1 is 1.39 bits per heavy atom. The van der Waals surface area contributed by atoms with Gasteiger partial charge in [-0.3, -0.25) is 9.59 Å². The van der Waals surface area contributed by atoms with Gasteiger partial charge in [-0.2, -0.15) is 0 Å². The second-order valence-electron chi connectivity index (χ2n) is 8.71. The Hall–Kier alpha value is -1.63. The molecule has 7 heteroatoms. The van der Waals surface area contributed by atoms with Crippen LogP contribution >= 0.6 is 15.9 Å². The molecule has 6 nitrogen and oxygen atoms in total. The molecule has 0 atom stereocenters. The van der Waals surface area contributed by atoms with Crippen LogP contribution in [0, 0.1) is 5.92 Å². The highest BCUT2D eigenvalue weighted by Gasteiger charge is 2.41. The van der Waals surface area contributed by atoms with Gasteiger partial charge >= 0.3 is 0 Å². The minimum atomic E-state index is -0.888. The first-order valence-electron chi connectivity index (χ1n) is 10.3. The van der Waals surface area contributed by atoms with Gasteiger partial charge in [0.15, 0.2) is 0 Å². The van der Waals surface area contributed by atoms with Crippen molar-refractivity contribution >= 4 is 33.4 Å². The van der Waals surface area contributed by atoms with Crippen molar-refractivity contribution in [2.45, 2.75) is 64.8 Å². The van der Waals surface area contributed by atoms with E-state index in [1.54, 1.807) is 24.8 Å². The molecule has 1 saturated carbocycles. The fraction of sp³-hybridized carbons (Fsp3) is 0.667. The zero-order chi connectivity index (χ0) is 20.5. The third kappa shape index (κ3) is 4.19. The number of aromatic nitrogens is 1. The number of nitrogens with one attached hydrogen (secondary N) is 2. The molecule has 2 N–H and O–H groups in total. The minimum absolute atomic E-state index is 0.134. The Labute approximate surface area is 176 Å². The number of anilines is 1. The summed E-state index contributed by atoms with van der Waals surface area (Å²) in [6.07, 6.45) is 5.18. The van der Waals surface area contributed by atoms with Gasteiger partial charge in [-0.25, -0.2) is 4.98 Å². The van der Waals surface area contributed by atoms with E-state index in [9.17, 15) is 9.59 Å². The van der Waals surface area contributed by atoms with E-state index in [0.29, 0.717) is 24.7 Å². The average Bonchev–Trinajstić information content (AvgIpc) is 3.15. The summed E-state index contributed by atoms with van der Waals surface area (Å²) in [5.41, 5.74) is 1.36. The molecule has 0 unspecified atom stereocenters. The summed E-state index contributed by atoms with van der Waals surface area (Å²) in [5.74, 6) is 0.545. The molecule has 3 rings (SSSR count). The summed E-state index contributed by atoms with van der Waals surface area (Å²) in [7, 11) is 0. The third-order valence-corrected chi connectivity index (χ3v) is 6.53. The third-order valence-electron chi connectivity index (χ3n) is 5.90. The number of rotatable bonds is 5. The van der Waals surface area contributed by atoms with E-state index in [1.165, 1.54) is 25.7 Å². The second kappa shape index (κ2) is 8.39. The maximum Gasteiger partial charge on any atom is 0.273 e. The van der Waals surface area contributed by atoms with Crippen LogP contribution < -0.4 is 10.6 Å². The van der Waals surface area contributed by atoms with Gasteiger partial charge < -0.3 is 15.5 Å². The number of hydrogen-bond acceptors (Lipinski definition) is 4. The highest BCUT2D eigenvalue weighted by molar-refractivity contribution is 9.10. The lowest BCUT2D eigenvalue weighted by Crippen LogP contribution is -2.63. The van der Waals surface area contributed by atoms with Crippen LogP contribution in [0.25, 0.3) is 0 Å². The van der Waals surface area contributed by atoms with Crippen molar-refractivity contribution in [3.05, 3.63) is 21.9 Å². The number of hydrogen-bond donors (Lipinski definition) is 2. The molecule has 1 saturated heterocycles. The van der Waals surface area contributed by atoms with Gasteiger partial charge in [-0.05, 0) is 60.5 Å². The Morgan fingerprint density at radius 3 is 2.71 bits per heavy atom. The van der Waals surface area contributed by atoms with Crippen LogP contribution in [0.1, 0.15) is 75.5 Å². The summed E-state index contributed by atoms with van der Waals surface area (Å²) < 4.78 is 0.854. The monoisotopic (exact) mass is 450 g/mol. The number of carbonyl (C=O) groups is 2. The van der Waals surface area contributed by atoms with Gasteiger partial charge in [0, 0.05) is 24.1 Å². The molecule has 1 aliphatic carbocycles. The predicted molar refractivity (Wildman–Crippen MR) is 115 cm³/mol. The molecule has 2 heterocycles. The zero-order valence-corrected chi connectivity index (χ0v) is 18.9. The Balaban J connectivity index is 1.87. The van der Waals surface area contributed by atoms with Gasteiger partial charge in [-0.15, -0.1) is 0 Å². The van der Waals surface area contributed by atoms with Crippen LogP contribution in [0.3, 0.4) is 0 Å². The number of piperazine rings is 1. The van der Waals surface area contributed by atoms with Crippen molar-refractivity contribution < 1.29 is 9.59 Å². The molecular weight excluding hydrogens is 420 g/mol. The van der Waals surface area contributed by atoms with E-state index in [2.05, 4.69) is 40.4 Å². The van der Waals surface area contributed by atoms with E-state index in [-0.39, 0.29) is 17.7 Å². The maximum absolute atomic E-state index is 13.2. The van der Waals surface area contributed by atoms with Gasteiger partial charge in [0.25, 0.3) is 5.91 Å². The predicted octanol–water partition coefficient (Wildman–Crippen LogP) is 3.92. The number of amides is 2. The number of halogens is 1. The SMILES string of the molecule is CC(C)c1nc(C(=O)N2CCNC(=O)C2(C)C)cc(Br)c1NCC1CCCC1. The van der Waals surface area contributed by atoms with E-state index in [4.69, 9.17) is 4.98 Å².